The van der Waals surface area contributed by atoms with Crippen molar-refractivity contribution in [3.8, 4) is 11.3 Å². The highest BCUT2D eigenvalue weighted by Gasteiger charge is 2.33. The number of H-pyrrole nitrogens is 1. The van der Waals surface area contributed by atoms with Gasteiger partial charge in [0.1, 0.15) is 5.82 Å². The number of nitrogens with two attached hydrogens (primary N) is 1. The lowest BCUT2D eigenvalue weighted by molar-refractivity contribution is 0.0934. The first kappa shape index (κ1) is 19.1. The maximum Gasteiger partial charge on any atom is 0.167 e. The normalized spacial score (nSPS) is 16.2. The van der Waals surface area contributed by atoms with E-state index in [1.54, 1.807) is 18.3 Å². The van der Waals surface area contributed by atoms with E-state index >= 15 is 0 Å². The Kier molecular flexibility index (Phi) is 4.82. The summed E-state index contributed by atoms with van der Waals surface area (Å²) in [6.45, 7) is 4.22. The number of pyridine rings is 1. The van der Waals surface area contributed by atoms with Crippen LogP contribution in [0.3, 0.4) is 0 Å². The largest absolute Gasteiger partial charge is 0.384 e. The highest BCUT2D eigenvalue weighted by atomic mass is 19.2. The second kappa shape index (κ2) is 7.31. The van der Waals surface area contributed by atoms with Crippen LogP contribution in [0.1, 0.15) is 36.3 Å². The van der Waals surface area contributed by atoms with E-state index in [9.17, 15) is 13.6 Å². The molecular formula is C22H22F2N4O. The third kappa shape index (κ3) is 3.60. The van der Waals surface area contributed by atoms with E-state index in [4.69, 9.17) is 5.73 Å². The molecule has 2 heterocycles. The van der Waals surface area contributed by atoms with Crippen molar-refractivity contribution in [3.05, 3.63) is 59.4 Å². The molecule has 0 saturated carbocycles. The minimum atomic E-state index is -0.958. The Hall–Kier alpha value is -3.22. The number of ketones is 1. The van der Waals surface area contributed by atoms with Crippen LogP contribution in [0.25, 0.3) is 11.3 Å². The molecule has 0 radical (unpaired) electrons. The quantitative estimate of drug-likeness (QED) is 0.574. The van der Waals surface area contributed by atoms with E-state index in [0.29, 0.717) is 40.8 Å². The first-order valence-corrected chi connectivity index (χ1v) is 9.55. The van der Waals surface area contributed by atoms with Crippen LogP contribution in [0.4, 0.5) is 26.0 Å². The number of fused-ring (bicyclic) bond motifs is 1. The van der Waals surface area contributed by atoms with Gasteiger partial charge in [-0.1, -0.05) is 13.8 Å². The van der Waals surface area contributed by atoms with Gasteiger partial charge in [0.15, 0.2) is 17.4 Å². The molecule has 1 aliphatic rings. The lowest BCUT2D eigenvalue weighted by Crippen LogP contribution is -2.23. The number of hydrogen-bond donors (Lipinski definition) is 3. The van der Waals surface area contributed by atoms with E-state index in [1.807, 2.05) is 0 Å². The van der Waals surface area contributed by atoms with Crippen molar-refractivity contribution in [1.29, 1.82) is 0 Å². The van der Waals surface area contributed by atoms with Crippen LogP contribution in [0.15, 0.2) is 36.5 Å². The minimum absolute atomic E-state index is 0.0274. The van der Waals surface area contributed by atoms with Crippen LogP contribution in [0.5, 0.6) is 0 Å². The second-order valence-corrected chi connectivity index (χ2v) is 7.79. The molecule has 3 aromatic rings. The molecule has 7 heteroatoms. The molecule has 1 atom stereocenters. The van der Waals surface area contributed by atoms with Crippen LogP contribution in [0.2, 0.25) is 0 Å². The van der Waals surface area contributed by atoms with Gasteiger partial charge in [-0.3, -0.25) is 4.79 Å². The number of aromatic amines is 1. The van der Waals surface area contributed by atoms with E-state index in [-0.39, 0.29) is 11.7 Å². The van der Waals surface area contributed by atoms with Gasteiger partial charge in [-0.2, -0.15) is 0 Å². The molecule has 1 unspecified atom stereocenters. The van der Waals surface area contributed by atoms with Gasteiger partial charge in [0, 0.05) is 35.6 Å². The monoisotopic (exact) mass is 396 g/mol. The van der Waals surface area contributed by atoms with E-state index in [0.717, 1.165) is 29.8 Å². The van der Waals surface area contributed by atoms with Gasteiger partial charge in [0.25, 0.3) is 0 Å². The maximum atomic E-state index is 13.7. The molecule has 0 amide bonds. The summed E-state index contributed by atoms with van der Waals surface area (Å²) in [6, 6.07) is 7.06. The van der Waals surface area contributed by atoms with E-state index in [2.05, 4.69) is 29.1 Å². The number of nitrogen functional groups attached to an aromatic ring is 1. The lowest BCUT2D eigenvalue weighted by atomic mass is 9.80. The molecule has 29 heavy (non-hydrogen) atoms. The summed E-state index contributed by atoms with van der Waals surface area (Å²) in [5, 5.41) is 3.12. The molecule has 0 saturated heterocycles. The van der Waals surface area contributed by atoms with Gasteiger partial charge in [0.2, 0.25) is 0 Å². The summed E-state index contributed by atoms with van der Waals surface area (Å²) in [5.74, 6) is -0.886. The molecule has 4 rings (SSSR count). The van der Waals surface area contributed by atoms with Crippen molar-refractivity contribution in [2.45, 2.75) is 26.7 Å². The second-order valence-electron chi connectivity index (χ2n) is 7.79. The Balaban J connectivity index is 1.85. The van der Waals surface area contributed by atoms with Crippen molar-refractivity contribution in [2.75, 3.05) is 11.1 Å². The van der Waals surface area contributed by atoms with Crippen LogP contribution in [0, 0.1) is 23.5 Å². The number of nitrogens with zero attached hydrogens (tertiary/aromatic N) is 1. The fourth-order valence-electron chi connectivity index (χ4n) is 3.82. The van der Waals surface area contributed by atoms with Crippen molar-refractivity contribution in [1.82, 2.24) is 9.97 Å². The molecule has 0 fully saturated rings. The van der Waals surface area contributed by atoms with Crippen molar-refractivity contribution < 1.29 is 13.6 Å². The van der Waals surface area contributed by atoms with Crippen LogP contribution in [-0.4, -0.2) is 15.8 Å². The highest BCUT2D eigenvalue weighted by Crippen LogP contribution is 2.41. The first-order valence-electron chi connectivity index (χ1n) is 9.55. The Morgan fingerprint density at radius 3 is 2.66 bits per heavy atom. The number of carbonyl (C=O) groups excluding carboxylic acids is 1. The van der Waals surface area contributed by atoms with Gasteiger partial charge < -0.3 is 16.0 Å². The molecule has 5 nitrogen and oxygen atoms in total. The van der Waals surface area contributed by atoms with Crippen molar-refractivity contribution >= 4 is 23.0 Å². The number of Topliss-reactive ketones (excluding diaryl/α,β-unsaturated/α-hetero) is 1. The lowest BCUT2D eigenvalue weighted by Gasteiger charge is -2.25. The summed E-state index contributed by atoms with van der Waals surface area (Å²) >= 11 is 0. The Morgan fingerprint density at radius 2 is 1.97 bits per heavy atom. The SMILES string of the molecule is CC(C)C1CC(=O)c2c([nH]c(-c3ccnc(N)c3)c2Nc2ccc(F)c(F)c2)C1. The number of rotatable bonds is 4. The zero-order chi connectivity index (χ0) is 20.7. The fourth-order valence-corrected chi connectivity index (χ4v) is 3.82. The number of benzene rings is 1. The van der Waals surface area contributed by atoms with Crippen LogP contribution in [-0.2, 0) is 6.42 Å². The van der Waals surface area contributed by atoms with E-state index in [1.165, 1.54) is 6.07 Å². The molecule has 1 aromatic carbocycles. The molecule has 4 N–H and O–H groups in total. The van der Waals surface area contributed by atoms with Crippen molar-refractivity contribution in [3.63, 3.8) is 0 Å². The number of carbonyl (C=O) groups is 1. The Bertz CT molecular complexity index is 1090. The van der Waals surface area contributed by atoms with Crippen LogP contribution >= 0.6 is 0 Å². The average molecular weight is 396 g/mol. The predicted molar refractivity (Wildman–Crippen MR) is 109 cm³/mol. The number of halogens is 2. The third-order valence-corrected chi connectivity index (χ3v) is 5.47. The molecule has 1 aliphatic carbocycles. The fraction of sp³-hybridized carbons (Fsp3) is 0.273. The van der Waals surface area contributed by atoms with Crippen molar-refractivity contribution in [2.24, 2.45) is 11.8 Å². The molecule has 0 aliphatic heterocycles. The third-order valence-electron chi connectivity index (χ3n) is 5.47. The Morgan fingerprint density at radius 1 is 1.17 bits per heavy atom. The summed E-state index contributed by atoms with van der Waals surface area (Å²) in [4.78, 5) is 20.4. The summed E-state index contributed by atoms with van der Waals surface area (Å²) in [6.07, 6.45) is 2.78. The minimum Gasteiger partial charge on any atom is -0.384 e. The maximum absolute atomic E-state index is 13.7. The number of hydrogen-bond acceptors (Lipinski definition) is 4. The number of aromatic nitrogens is 2. The van der Waals surface area contributed by atoms with Gasteiger partial charge in [-0.25, -0.2) is 13.8 Å². The molecule has 0 bridgehead atoms. The first-order chi connectivity index (χ1) is 13.8. The van der Waals surface area contributed by atoms with Gasteiger partial charge in [-0.15, -0.1) is 0 Å². The van der Waals surface area contributed by atoms with Gasteiger partial charge in [0.05, 0.1) is 16.9 Å². The Labute approximate surface area is 167 Å². The molecule has 0 spiro atoms. The molecular weight excluding hydrogens is 374 g/mol. The standard InChI is InChI=1S/C22H22F2N4O/c1-11(2)13-7-17-20(18(29)8-13)22(27-14-3-4-15(23)16(24)10-14)21(28-17)12-5-6-26-19(25)9-12/h3-6,9-11,13,27-28H,7-8H2,1-2H3,(H2,25,26). The topological polar surface area (TPSA) is 83.8 Å². The summed E-state index contributed by atoms with van der Waals surface area (Å²) in [7, 11) is 0. The average Bonchev–Trinajstić information content (AvgIpc) is 3.03. The summed E-state index contributed by atoms with van der Waals surface area (Å²) < 4.78 is 27.1. The molecule has 150 valence electrons. The van der Waals surface area contributed by atoms with Crippen LogP contribution < -0.4 is 11.1 Å². The predicted octanol–water partition coefficient (Wildman–Crippen LogP) is 5.08. The molecule has 2 aromatic heterocycles. The number of anilines is 3. The van der Waals surface area contributed by atoms with E-state index < -0.39 is 11.6 Å². The smallest absolute Gasteiger partial charge is 0.167 e. The zero-order valence-electron chi connectivity index (χ0n) is 16.2. The highest BCUT2D eigenvalue weighted by molar-refractivity contribution is 6.07. The number of nitrogens with one attached hydrogen (secondary N) is 2. The van der Waals surface area contributed by atoms with Gasteiger partial charge >= 0.3 is 0 Å². The zero-order valence-corrected chi connectivity index (χ0v) is 16.2. The van der Waals surface area contributed by atoms with Gasteiger partial charge in [-0.05, 0) is 42.5 Å². The summed E-state index contributed by atoms with van der Waals surface area (Å²) in [5.41, 5.74) is 9.58.